The zero-order chi connectivity index (χ0) is 20.1. The zero-order valence-corrected chi connectivity index (χ0v) is 18.6. The summed E-state index contributed by atoms with van der Waals surface area (Å²) < 4.78 is 3.92. The van der Waals surface area contributed by atoms with Crippen molar-refractivity contribution in [2.75, 3.05) is 11.9 Å². The highest BCUT2D eigenvalue weighted by molar-refractivity contribution is 7.98. The van der Waals surface area contributed by atoms with Gasteiger partial charge in [-0.1, -0.05) is 11.9 Å². The summed E-state index contributed by atoms with van der Waals surface area (Å²) in [6.07, 6.45) is 5.03. The molecule has 5 heteroatoms. The molecule has 0 saturated heterocycles. The van der Waals surface area contributed by atoms with Crippen LogP contribution in [0.15, 0.2) is 24.3 Å². The molecule has 0 unspecified atom stereocenters. The third-order valence-electron chi connectivity index (χ3n) is 4.61. The van der Waals surface area contributed by atoms with E-state index in [1.165, 1.54) is 25.7 Å². The molecule has 0 spiro atoms. The molecule has 1 fully saturated rings. The second-order valence-electron chi connectivity index (χ2n) is 9.71. The Kier molecular flexibility index (Phi) is 7.64. The van der Waals surface area contributed by atoms with Crippen molar-refractivity contribution in [3.05, 3.63) is 29.8 Å². The van der Waals surface area contributed by atoms with Gasteiger partial charge in [0.05, 0.1) is 0 Å². The van der Waals surface area contributed by atoms with E-state index in [4.69, 9.17) is 0 Å². The predicted molar refractivity (Wildman–Crippen MR) is 118 cm³/mol. The average Bonchev–Trinajstić information content (AvgIpc) is 2.57. The van der Waals surface area contributed by atoms with Crippen molar-refractivity contribution in [3.63, 3.8) is 0 Å². The van der Waals surface area contributed by atoms with E-state index in [2.05, 4.69) is 36.1 Å². The molecule has 152 valence electrons. The van der Waals surface area contributed by atoms with E-state index in [0.29, 0.717) is 11.6 Å². The first-order chi connectivity index (χ1) is 12.5. The molecular formula is C22H37N3OS. The van der Waals surface area contributed by atoms with Crippen molar-refractivity contribution in [2.24, 2.45) is 5.92 Å². The highest BCUT2D eigenvalue weighted by Gasteiger charge is 2.22. The van der Waals surface area contributed by atoms with Crippen LogP contribution in [0.4, 0.5) is 5.69 Å². The van der Waals surface area contributed by atoms with Crippen molar-refractivity contribution < 1.29 is 4.79 Å². The number of carbonyl (C=O) groups excluding carboxylic acids is 1. The Bertz CT molecular complexity index is 593. The van der Waals surface area contributed by atoms with Gasteiger partial charge < -0.3 is 10.6 Å². The van der Waals surface area contributed by atoms with Gasteiger partial charge in [-0.3, -0.25) is 9.52 Å². The van der Waals surface area contributed by atoms with Gasteiger partial charge in [0.25, 0.3) is 5.91 Å². The van der Waals surface area contributed by atoms with Crippen LogP contribution in [0, 0.1) is 5.92 Å². The summed E-state index contributed by atoms with van der Waals surface area (Å²) in [5.74, 6) is 0.708. The lowest BCUT2D eigenvalue weighted by molar-refractivity contribution is 0.0919. The molecule has 0 bridgehead atoms. The van der Waals surface area contributed by atoms with Crippen LogP contribution >= 0.6 is 11.9 Å². The standard InChI is InChI=1S/C22H37N3OS/c1-21(2,3)24-20(26)17-9-13-18(14-10-17)23-15-16-7-11-19(12-8-16)25-27-22(4,5)6/h9-10,13-14,16,19,23,25H,7-8,11-12,15H2,1-6H3,(H,24,26)/t16-,19-. The van der Waals surface area contributed by atoms with E-state index in [0.717, 1.165) is 18.2 Å². The fourth-order valence-electron chi connectivity index (χ4n) is 3.16. The number of hydrogen-bond acceptors (Lipinski definition) is 4. The third-order valence-corrected chi connectivity index (χ3v) is 5.67. The lowest BCUT2D eigenvalue weighted by Gasteiger charge is -2.31. The van der Waals surface area contributed by atoms with Gasteiger partial charge in [0.1, 0.15) is 0 Å². The Hall–Kier alpha value is -1.20. The molecule has 0 aliphatic heterocycles. The maximum absolute atomic E-state index is 12.2. The summed E-state index contributed by atoms with van der Waals surface area (Å²) in [4.78, 5) is 12.2. The lowest BCUT2D eigenvalue weighted by Crippen LogP contribution is -2.40. The molecule has 2 rings (SSSR count). The first-order valence-electron chi connectivity index (χ1n) is 10.1. The van der Waals surface area contributed by atoms with Crippen LogP contribution in [0.1, 0.15) is 77.6 Å². The molecule has 1 saturated carbocycles. The van der Waals surface area contributed by atoms with E-state index >= 15 is 0 Å². The van der Waals surface area contributed by atoms with Crippen LogP contribution in [0.2, 0.25) is 0 Å². The Morgan fingerprint density at radius 3 is 2.11 bits per heavy atom. The third kappa shape index (κ3) is 8.56. The first-order valence-corrected chi connectivity index (χ1v) is 10.9. The summed E-state index contributed by atoms with van der Waals surface area (Å²) in [7, 11) is 0. The van der Waals surface area contributed by atoms with Crippen molar-refractivity contribution in [2.45, 2.75) is 83.6 Å². The summed E-state index contributed by atoms with van der Waals surface area (Å²) in [6.45, 7) is 13.7. The van der Waals surface area contributed by atoms with Gasteiger partial charge in [0, 0.05) is 34.1 Å². The zero-order valence-electron chi connectivity index (χ0n) is 17.8. The normalized spacial score (nSPS) is 21.0. The fraction of sp³-hybridized carbons (Fsp3) is 0.682. The van der Waals surface area contributed by atoms with Crippen LogP contribution in [0.25, 0.3) is 0 Å². The number of carbonyl (C=O) groups is 1. The Labute approximate surface area is 169 Å². The minimum absolute atomic E-state index is 0.0204. The summed E-state index contributed by atoms with van der Waals surface area (Å²) in [5.41, 5.74) is 1.58. The molecule has 4 nitrogen and oxygen atoms in total. The molecule has 0 atom stereocenters. The minimum atomic E-state index is -0.215. The molecule has 0 heterocycles. The van der Waals surface area contributed by atoms with Crippen molar-refractivity contribution in [3.8, 4) is 0 Å². The van der Waals surface area contributed by atoms with E-state index in [1.54, 1.807) is 0 Å². The molecule has 1 aromatic rings. The largest absolute Gasteiger partial charge is 0.385 e. The summed E-state index contributed by atoms with van der Waals surface area (Å²) in [5, 5.41) is 6.54. The summed E-state index contributed by atoms with van der Waals surface area (Å²) >= 11 is 1.86. The van der Waals surface area contributed by atoms with Crippen LogP contribution in [0.3, 0.4) is 0 Å². The highest BCUT2D eigenvalue weighted by Crippen LogP contribution is 2.28. The maximum Gasteiger partial charge on any atom is 0.251 e. The number of nitrogens with one attached hydrogen (secondary N) is 3. The van der Waals surface area contributed by atoms with E-state index in [1.807, 2.05) is 57.0 Å². The van der Waals surface area contributed by atoms with Crippen molar-refractivity contribution >= 4 is 23.5 Å². The number of benzene rings is 1. The van der Waals surface area contributed by atoms with Crippen LogP contribution in [-0.2, 0) is 0 Å². The monoisotopic (exact) mass is 391 g/mol. The SMILES string of the molecule is CC(C)(C)NC(=O)c1ccc(NC[C@H]2CC[C@H](NSC(C)(C)C)CC2)cc1. The Morgan fingerprint density at radius 1 is 1.00 bits per heavy atom. The molecule has 3 N–H and O–H groups in total. The molecule has 0 radical (unpaired) electrons. The molecule has 0 aromatic heterocycles. The van der Waals surface area contributed by atoms with Gasteiger partial charge in [-0.2, -0.15) is 0 Å². The topological polar surface area (TPSA) is 53.2 Å². The van der Waals surface area contributed by atoms with Gasteiger partial charge in [0.2, 0.25) is 0 Å². The van der Waals surface area contributed by atoms with Gasteiger partial charge in [0.15, 0.2) is 0 Å². The quantitative estimate of drug-likeness (QED) is 0.582. The number of amides is 1. The lowest BCUT2D eigenvalue weighted by atomic mass is 9.86. The molecule has 1 aliphatic carbocycles. The summed E-state index contributed by atoms with van der Waals surface area (Å²) in [6, 6.07) is 8.45. The van der Waals surface area contributed by atoms with Gasteiger partial charge >= 0.3 is 0 Å². The van der Waals surface area contributed by atoms with E-state index in [9.17, 15) is 4.79 Å². The van der Waals surface area contributed by atoms with Crippen molar-refractivity contribution in [1.82, 2.24) is 10.0 Å². The predicted octanol–water partition coefficient (Wildman–Crippen LogP) is 5.22. The maximum atomic E-state index is 12.2. The number of anilines is 1. The molecule has 27 heavy (non-hydrogen) atoms. The minimum Gasteiger partial charge on any atom is -0.385 e. The van der Waals surface area contributed by atoms with E-state index < -0.39 is 0 Å². The van der Waals surface area contributed by atoms with Gasteiger partial charge in [-0.05, 0) is 97.4 Å². The second-order valence-corrected chi connectivity index (χ2v) is 11.4. The number of hydrogen-bond donors (Lipinski definition) is 3. The van der Waals surface area contributed by atoms with Gasteiger partial charge in [-0.15, -0.1) is 0 Å². The van der Waals surface area contributed by atoms with Crippen molar-refractivity contribution in [1.29, 1.82) is 0 Å². The highest BCUT2D eigenvalue weighted by atomic mass is 32.2. The van der Waals surface area contributed by atoms with Gasteiger partial charge in [-0.25, -0.2) is 0 Å². The second kappa shape index (κ2) is 9.33. The Morgan fingerprint density at radius 2 is 1.59 bits per heavy atom. The molecule has 1 aliphatic rings. The molecule has 1 aromatic carbocycles. The van der Waals surface area contributed by atoms with E-state index in [-0.39, 0.29) is 16.2 Å². The number of rotatable bonds is 6. The first kappa shape index (κ1) is 22.1. The molecular weight excluding hydrogens is 354 g/mol. The smallest absolute Gasteiger partial charge is 0.251 e. The van der Waals surface area contributed by atoms with Crippen LogP contribution in [-0.4, -0.2) is 28.8 Å². The Balaban J connectivity index is 1.72. The molecule has 1 amide bonds. The van der Waals surface area contributed by atoms with Crippen LogP contribution in [0.5, 0.6) is 0 Å². The van der Waals surface area contributed by atoms with Crippen LogP contribution < -0.4 is 15.4 Å². The fourth-order valence-corrected chi connectivity index (χ4v) is 3.91. The average molecular weight is 392 g/mol.